The number of hydrogen-bond acceptors (Lipinski definition) is 2. The molecule has 0 bridgehead atoms. The Bertz CT molecular complexity index is 462. The van der Waals surface area contributed by atoms with E-state index < -0.39 is 16.1 Å². The molecule has 0 aliphatic heterocycles. The molecule has 0 radical (unpaired) electrons. The van der Waals surface area contributed by atoms with E-state index in [2.05, 4.69) is 62.6 Å². The van der Waals surface area contributed by atoms with Gasteiger partial charge >= 0.3 is 30.2 Å². The van der Waals surface area contributed by atoms with E-state index in [1.807, 2.05) is 6.88 Å². The van der Waals surface area contributed by atoms with Crippen LogP contribution in [0.2, 0.25) is 38.3 Å². The first-order chi connectivity index (χ1) is 11.3. The third kappa shape index (κ3) is 14.9. The molecular formula is C20H40Cl2O2Si3Zr-4. The Morgan fingerprint density at radius 1 is 0.821 bits per heavy atom. The van der Waals surface area contributed by atoms with Crippen LogP contribution in [0, 0.1) is 27.0 Å². The van der Waals surface area contributed by atoms with Crippen molar-refractivity contribution in [3.05, 3.63) is 61.7 Å². The summed E-state index contributed by atoms with van der Waals surface area (Å²) in [6.45, 7) is 11.8. The van der Waals surface area contributed by atoms with E-state index in [1.165, 1.54) is 10.4 Å². The second-order valence-corrected chi connectivity index (χ2v) is 16.8. The zero-order valence-electron chi connectivity index (χ0n) is 18.5. The van der Waals surface area contributed by atoms with E-state index in [1.54, 1.807) is 23.3 Å². The predicted octanol–water partition coefficient (Wildman–Crippen LogP) is 4.66. The van der Waals surface area contributed by atoms with Crippen molar-refractivity contribution in [3.8, 4) is 0 Å². The van der Waals surface area contributed by atoms with Crippen molar-refractivity contribution in [2.24, 2.45) is 0 Å². The van der Waals surface area contributed by atoms with Gasteiger partial charge in [0.15, 0.2) is 0 Å². The van der Waals surface area contributed by atoms with Gasteiger partial charge in [-0.1, -0.05) is 26.2 Å². The molecule has 0 fully saturated rings. The van der Waals surface area contributed by atoms with Gasteiger partial charge in [-0.05, 0) is 28.2 Å². The second kappa shape index (κ2) is 21.2. The Morgan fingerprint density at radius 3 is 1.29 bits per heavy atom. The summed E-state index contributed by atoms with van der Waals surface area (Å²) < 4.78 is 0. The predicted molar refractivity (Wildman–Crippen MR) is 136 cm³/mol. The van der Waals surface area contributed by atoms with Crippen LogP contribution in [0.1, 0.15) is 12.8 Å². The van der Waals surface area contributed by atoms with Crippen LogP contribution in [0.4, 0.5) is 0 Å². The first kappa shape index (κ1) is 39.5. The summed E-state index contributed by atoms with van der Waals surface area (Å²) >= 11 is 1.58. The first-order valence-electron chi connectivity index (χ1n) is 8.45. The third-order valence-electron chi connectivity index (χ3n) is 4.43. The SMILES string of the molecule is C[Si](C)(CCO)C1=CC[C-]=C1.C[Si](C)(CCO)C1=CC[C-]=C1.Cl.Cl.[CH3-].[CH3-].[SiH2]=[Zr]. The topological polar surface area (TPSA) is 40.5 Å². The summed E-state index contributed by atoms with van der Waals surface area (Å²) in [5.74, 6) is 0. The molecule has 0 saturated heterocycles. The molecule has 2 nitrogen and oxygen atoms in total. The fraction of sp³-hybridized carbons (Fsp3) is 0.500. The number of allylic oxidation sites excluding steroid dienone is 8. The van der Waals surface area contributed by atoms with Crippen LogP contribution in [0.3, 0.4) is 0 Å². The van der Waals surface area contributed by atoms with Crippen molar-refractivity contribution in [3.63, 3.8) is 0 Å². The maximum absolute atomic E-state index is 8.84. The van der Waals surface area contributed by atoms with Crippen molar-refractivity contribution in [2.45, 2.75) is 51.1 Å². The van der Waals surface area contributed by atoms with Gasteiger partial charge in [0, 0.05) is 13.2 Å². The van der Waals surface area contributed by atoms with Gasteiger partial charge in [-0.2, -0.15) is 12.2 Å². The summed E-state index contributed by atoms with van der Waals surface area (Å²) in [5, 5.41) is 20.6. The molecule has 0 aromatic rings. The number of hydrogen-bond donors (Lipinski definition) is 2. The molecule has 8 heteroatoms. The van der Waals surface area contributed by atoms with Gasteiger partial charge < -0.3 is 25.1 Å². The van der Waals surface area contributed by atoms with E-state index >= 15 is 0 Å². The van der Waals surface area contributed by atoms with Crippen molar-refractivity contribution < 1.29 is 33.5 Å². The van der Waals surface area contributed by atoms with Crippen LogP contribution in [-0.4, -0.2) is 46.5 Å². The van der Waals surface area contributed by atoms with Crippen LogP contribution >= 0.6 is 24.8 Å². The molecule has 166 valence electrons. The quantitative estimate of drug-likeness (QED) is 0.368. The average Bonchev–Trinajstić information content (AvgIpc) is 3.24. The molecule has 0 aromatic heterocycles. The van der Waals surface area contributed by atoms with Crippen LogP contribution in [0.15, 0.2) is 34.7 Å². The van der Waals surface area contributed by atoms with Crippen LogP contribution in [0.5, 0.6) is 0 Å². The number of rotatable bonds is 6. The first-order valence-corrected chi connectivity index (χ1v) is 20.8. The number of aliphatic hydroxyl groups excluding tert-OH is 2. The molecule has 0 amide bonds. The molecule has 0 heterocycles. The summed E-state index contributed by atoms with van der Waals surface area (Å²) in [7, 11) is -2.55. The number of aliphatic hydroxyl groups is 2. The zero-order chi connectivity index (χ0) is 18.6. The monoisotopic (exact) mass is 556 g/mol. The molecule has 0 aromatic carbocycles. The van der Waals surface area contributed by atoms with E-state index in [0.717, 1.165) is 24.9 Å². The van der Waals surface area contributed by atoms with Crippen LogP contribution in [0.25, 0.3) is 0 Å². The Labute approximate surface area is 206 Å². The van der Waals surface area contributed by atoms with Gasteiger partial charge in [0.2, 0.25) is 0 Å². The Morgan fingerprint density at radius 2 is 1.11 bits per heavy atom. The Kier molecular flexibility index (Phi) is 29.9. The molecule has 0 saturated carbocycles. The van der Waals surface area contributed by atoms with Gasteiger partial charge in [0.25, 0.3) is 0 Å². The standard InChI is InChI=1S/2C9H15OSi.2CH3.2ClH.H2Si.Zr/c2*1-11(2,8-7-10)9-5-3-4-6-9;;;;;;/h2*5-6,10H,3,7-8H2,1-2H3;2*1H3;2*1H;1H2;/q4*-1;;;;. The van der Waals surface area contributed by atoms with Gasteiger partial charge in [0.05, 0.1) is 0 Å². The molecule has 0 atom stereocenters. The molecule has 2 N–H and O–H groups in total. The second-order valence-electron chi connectivity index (χ2n) is 7.14. The molecule has 2 aliphatic rings. The summed E-state index contributed by atoms with van der Waals surface area (Å²) in [6, 6.07) is 1.94. The molecule has 0 spiro atoms. The fourth-order valence-electron chi connectivity index (χ4n) is 2.58. The Hall–Kier alpha value is 0.994. The van der Waals surface area contributed by atoms with E-state index in [-0.39, 0.29) is 39.7 Å². The molecule has 28 heavy (non-hydrogen) atoms. The van der Waals surface area contributed by atoms with Crippen molar-refractivity contribution in [1.29, 1.82) is 0 Å². The summed E-state index contributed by atoms with van der Waals surface area (Å²) in [5.41, 5.74) is 0. The van der Waals surface area contributed by atoms with E-state index in [4.69, 9.17) is 10.2 Å². The molecule has 2 aliphatic carbocycles. The van der Waals surface area contributed by atoms with Crippen molar-refractivity contribution in [1.82, 2.24) is 0 Å². The zero-order valence-corrected chi connectivity index (χ0v) is 26.0. The third-order valence-corrected chi connectivity index (χ3v) is 11.2. The summed E-state index contributed by atoms with van der Waals surface area (Å²) in [4.78, 5) is 0. The number of halogens is 2. The van der Waals surface area contributed by atoms with Crippen molar-refractivity contribution >= 4 is 47.8 Å². The van der Waals surface area contributed by atoms with Gasteiger partial charge in [-0.25, -0.2) is 22.5 Å². The van der Waals surface area contributed by atoms with Crippen LogP contribution < -0.4 is 0 Å². The minimum absolute atomic E-state index is 0. The average molecular weight is 559 g/mol. The normalized spacial score (nSPS) is 13.6. The fourth-order valence-corrected chi connectivity index (χ4v) is 6.57. The molecule has 0 unspecified atom stereocenters. The minimum atomic E-state index is -1.28. The summed E-state index contributed by atoms with van der Waals surface area (Å²) in [6.07, 6.45) is 17.0. The Balaban J connectivity index is -0.000000102. The van der Waals surface area contributed by atoms with Crippen molar-refractivity contribution in [2.75, 3.05) is 13.2 Å². The molecular weight excluding hydrogens is 519 g/mol. The van der Waals surface area contributed by atoms with Gasteiger partial charge in [-0.15, -0.1) is 37.7 Å². The van der Waals surface area contributed by atoms with E-state index in [0.29, 0.717) is 13.2 Å². The molecule has 2 rings (SSSR count). The van der Waals surface area contributed by atoms with Gasteiger partial charge in [-0.3, -0.25) is 12.2 Å². The maximum atomic E-state index is 8.84. The van der Waals surface area contributed by atoms with E-state index in [9.17, 15) is 0 Å². The van der Waals surface area contributed by atoms with Crippen LogP contribution in [-0.2, 0) is 23.3 Å². The van der Waals surface area contributed by atoms with Gasteiger partial charge in [0.1, 0.15) is 0 Å².